The van der Waals surface area contributed by atoms with Gasteiger partial charge in [0.25, 0.3) is 5.91 Å². The van der Waals surface area contributed by atoms with E-state index >= 15 is 0 Å². The standard InChI is InChI=1S/C14H21N3O2/c1-17(9-11-6-13(18)7-11)8-10-3-2-4-12(5-10)14(19)16-15/h2-5,11,13,18H,6-9,15H2,1H3,(H,16,19). The Hall–Kier alpha value is -1.43. The number of hydrazine groups is 1. The van der Waals surface area contributed by atoms with Crippen molar-refractivity contribution < 1.29 is 9.90 Å². The third kappa shape index (κ3) is 3.76. The lowest BCUT2D eigenvalue weighted by Gasteiger charge is -2.34. The van der Waals surface area contributed by atoms with Crippen molar-refractivity contribution in [3.05, 3.63) is 35.4 Å². The van der Waals surface area contributed by atoms with Gasteiger partial charge in [-0.25, -0.2) is 5.84 Å². The van der Waals surface area contributed by atoms with Crippen molar-refractivity contribution in [3.8, 4) is 0 Å². The number of carbonyl (C=O) groups is 1. The highest BCUT2D eigenvalue weighted by Gasteiger charge is 2.27. The summed E-state index contributed by atoms with van der Waals surface area (Å²) in [7, 11) is 2.06. The number of nitrogens with two attached hydrogens (primary N) is 1. The summed E-state index contributed by atoms with van der Waals surface area (Å²) >= 11 is 0. The van der Waals surface area contributed by atoms with E-state index in [0.29, 0.717) is 11.5 Å². The van der Waals surface area contributed by atoms with E-state index < -0.39 is 0 Å². The molecule has 1 saturated carbocycles. The first-order chi connectivity index (χ1) is 9.08. The van der Waals surface area contributed by atoms with Crippen LogP contribution in [0.3, 0.4) is 0 Å². The summed E-state index contributed by atoms with van der Waals surface area (Å²) in [6.45, 7) is 1.77. The predicted octanol–water partition coefficient (Wildman–Crippen LogP) is 0.493. The third-order valence-corrected chi connectivity index (χ3v) is 3.55. The van der Waals surface area contributed by atoms with E-state index in [1.54, 1.807) is 6.07 Å². The zero-order valence-corrected chi connectivity index (χ0v) is 11.2. The van der Waals surface area contributed by atoms with Gasteiger partial charge in [0, 0.05) is 18.7 Å². The van der Waals surface area contributed by atoms with E-state index in [1.807, 2.05) is 18.2 Å². The highest BCUT2D eigenvalue weighted by molar-refractivity contribution is 5.93. The van der Waals surface area contributed by atoms with Gasteiger partial charge in [0.2, 0.25) is 0 Å². The molecule has 5 heteroatoms. The van der Waals surface area contributed by atoms with E-state index in [-0.39, 0.29) is 12.0 Å². The average molecular weight is 263 g/mol. The van der Waals surface area contributed by atoms with Gasteiger partial charge in [-0.2, -0.15) is 0 Å². The first kappa shape index (κ1) is 14.0. The van der Waals surface area contributed by atoms with Gasteiger partial charge in [-0.15, -0.1) is 0 Å². The van der Waals surface area contributed by atoms with Crippen molar-refractivity contribution in [2.45, 2.75) is 25.5 Å². The van der Waals surface area contributed by atoms with Crippen molar-refractivity contribution in [1.82, 2.24) is 10.3 Å². The van der Waals surface area contributed by atoms with Gasteiger partial charge in [0.15, 0.2) is 0 Å². The van der Waals surface area contributed by atoms with Gasteiger partial charge < -0.3 is 10.0 Å². The number of rotatable bonds is 5. The van der Waals surface area contributed by atoms with Crippen LogP contribution < -0.4 is 11.3 Å². The van der Waals surface area contributed by atoms with Gasteiger partial charge in [0.1, 0.15) is 0 Å². The quantitative estimate of drug-likeness (QED) is 0.410. The normalized spacial score (nSPS) is 22.1. The molecule has 0 unspecified atom stereocenters. The van der Waals surface area contributed by atoms with Gasteiger partial charge in [0.05, 0.1) is 6.10 Å². The number of amides is 1. The second-order valence-electron chi connectivity index (χ2n) is 5.36. The maximum atomic E-state index is 11.4. The number of hydrogen-bond donors (Lipinski definition) is 3. The van der Waals surface area contributed by atoms with Crippen molar-refractivity contribution in [3.63, 3.8) is 0 Å². The van der Waals surface area contributed by atoms with Crippen LogP contribution in [0.15, 0.2) is 24.3 Å². The molecule has 1 aliphatic carbocycles. The highest BCUT2D eigenvalue weighted by atomic mass is 16.3. The molecule has 0 heterocycles. The second-order valence-corrected chi connectivity index (χ2v) is 5.36. The lowest BCUT2D eigenvalue weighted by atomic mass is 9.82. The molecule has 2 rings (SSSR count). The first-order valence-corrected chi connectivity index (χ1v) is 6.55. The largest absolute Gasteiger partial charge is 0.393 e. The zero-order valence-electron chi connectivity index (χ0n) is 11.2. The SMILES string of the molecule is CN(Cc1cccc(C(=O)NN)c1)CC1CC(O)C1. The molecule has 0 saturated heterocycles. The molecule has 104 valence electrons. The van der Waals surface area contributed by atoms with Gasteiger partial charge in [-0.1, -0.05) is 12.1 Å². The van der Waals surface area contributed by atoms with Crippen molar-refractivity contribution in [2.24, 2.45) is 11.8 Å². The number of nitrogen functional groups attached to an aromatic ring is 1. The summed E-state index contributed by atoms with van der Waals surface area (Å²) in [5.74, 6) is 5.45. The van der Waals surface area contributed by atoms with Crippen molar-refractivity contribution in [1.29, 1.82) is 0 Å². The molecule has 1 amide bonds. The Kier molecular flexibility index (Phi) is 4.52. The third-order valence-electron chi connectivity index (χ3n) is 3.55. The predicted molar refractivity (Wildman–Crippen MR) is 73.2 cm³/mol. The van der Waals surface area contributed by atoms with E-state index in [4.69, 9.17) is 5.84 Å². The number of aliphatic hydroxyl groups excluding tert-OH is 1. The molecule has 0 aliphatic heterocycles. The van der Waals surface area contributed by atoms with Crippen LogP contribution in [0.1, 0.15) is 28.8 Å². The van der Waals surface area contributed by atoms with E-state index in [1.165, 1.54) is 0 Å². The van der Waals surface area contributed by atoms with Gasteiger partial charge >= 0.3 is 0 Å². The second kappa shape index (κ2) is 6.14. The molecule has 0 radical (unpaired) electrons. The first-order valence-electron chi connectivity index (χ1n) is 6.55. The van der Waals surface area contributed by atoms with E-state index in [0.717, 1.165) is 31.5 Å². The topological polar surface area (TPSA) is 78.6 Å². The van der Waals surface area contributed by atoms with E-state index in [2.05, 4.69) is 17.4 Å². The monoisotopic (exact) mass is 263 g/mol. The highest BCUT2D eigenvalue weighted by Crippen LogP contribution is 2.27. The lowest BCUT2D eigenvalue weighted by Crippen LogP contribution is -2.36. The molecule has 5 nitrogen and oxygen atoms in total. The molecular formula is C14H21N3O2. The lowest BCUT2D eigenvalue weighted by molar-refractivity contribution is 0.0274. The number of carbonyl (C=O) groups excluding carboxylic acids is 1. The molecule has 4 N–H and O–H groups in total. The summed E-state index contributed by atoms with van der Waals surface area (Å²) in [6, 6.07) is 7.46. The maximum Gasteiger partial charge on any atom is 0.265 e. The Morgan fingerprint density at radius 1 is 1.53 bits per heavy atom. The fraction of sp³-hybridized carbons (Fsp3) is 0.500. The molecule has 0 spiro atoms. The van der Waals surface area contributed by atoms with Crippen LogP contribution in [0, 0.1) is 5.92 Å². The minimum absolute atomic E-state index is 0.102. The van der Waals surface area contributed by atoms with Gasteiger partial charge in [-0.05, 0) is 43.5 Å². The van der Waals surface area contributed by atoms with Crippen LogP contribution in [0.25, 0.3) is 0 Å². The smallest absolute Gasteiger partial charge is 0.265 e. The number of hydrogen-bond acceptors (Lipinski definition) is 4. The van der Waals surface area contributed by atoms with Gasteiger partial charge in [-0.3, -0.25) is 10.2 Å². The minimum atomic E-state index is -0.272. The van der Waals surface area contributed by atoms with Crippen LogP contribution >= 0.6 is 0 Å². The summed E-state index contributed by atoms with van der Waals surface area (Å²) in [5, 5.41) is 9.27. The molecule has 1 fully saturated rings. The Balaban J connectivity index is 1.89. The Morgan fingerprint density at radius 2 is 2.26 bits per heavy atom. The molecule has 19 heavy (non-hydrogen) atoms. The fourth-order valence-electron chi connectivity index (χ4n) is 2.56. The van der Waals surface area contributed by atoms with Crippen LogP contribution in [0.2, 0.25) is 0 Å². The molecule has 0 aromatic heterocycles. The summed E-state index contributed by atoms with van der Waals surface area (Å²) < 4.78 is 0. The molecule has 1 aliphatic rings. The molecule has 0 bridgehead atoms. The minimum Gasteiger partial charge on any atom is -0.393 e. The Labute approximate surface area is 113 Å². The van der Waals surface area contributed by atoms with Crippen LogP contribution in [-0.2, 0) is 6.54 Å². The number of nitrogens with zero attached hydrogens (tertiary/aromatic N) is 1. The van der Waals surface area contributed by atoms with E-state index in [9.17, 15) is 9.90 Å². The molecule has 1 aromatic carbocycles. The number of aliphatic hydroxyl groups is 1. The molecule has 0 atom stereocenters. The molecular weight excluding hydrogens is 242 g/mol. The van der Waals surface area contributed by atoms with Crippen LogP contribution in [0.4, 0.5) is 0 Å². The average Bonchev–Trinajstić information content (AvgIpc) is 2.36. The van der Waals surface area contributed by atoms with Crippen molar-refractivity contribution in [2.75, 3.05) is 13.6 Å². The molecule has 1 aromatic rings. The maximum absolute atomic E-state index is 11.4. The summed E-state index contributed by atoms with van der Waals surface area (Å²) in [6.07, 6.45) is 1.70. The summed E-state index contributed by atoms with van der Waals surface area (Å²) in [5.41, 5.74) is 3.80. The Bertz CT molecular complexity index is 444. The Morgan fingerprint density at radius 3 is 2.89 bits per heavy atom. The van der Waals surface area contributed by atoms with Crippen molar-refractivity contribution >= 4 is 5.91 Å². The fourth-order valence-corrected chi connectivity index (χ4v) is 2.56. The number of nitrogens with one attached hydrogen (secondary N) is 1. The van der Waals surface area contributed by atoms with Crippen LogP contribution in [0.5, 0.6) is 0 Å². The zero-order chi connectivity index (χ0) is 13.8. The summed E-state index contributed by atoms with van der Waals surface area (Å²) in [4.78, 5) is 13.7. The van der Waals surface area contributed by atoms with Crippen LogP contribution in [-0.4, -0.2) is 35.6 Å². The number of benzene rings is 1.